The van der Waals surface area contributed by atoms with Crippen molar-refractivity contribution in [2.45, 2.75) is 10.6 Å². The van der Waals surface area contributed by atoms with Gasteiger partial charge in [0.2, 0.25) is 0 Å². The second-order valence-electron chi connectivity index (χ2n) is 4.17. The Morgan fingerprint density at radius 2 is 1.90 bits per heavy atom. The van der Waals surface area contributed by atoms with Gasteiger partial charge in [-0.25, -0.2) is 4.79 Å². The zero-order valence-electron chi connectivity index (χ0n) is 10.9. The fourth-order valence-electron chi connectivity index (χ4n) is 1.76. The van der Waals surface area contributed by atoms with Crippen LogP contribution in [0, 0.1) is 0 Å². The van der Waals surface area contributed by atoms with Gasteiger partial charge in [-0.2, -0.15) is 0 Å². The summed E-state index contributed by atoms with van der Waals surface area (Å²) in [5.74, 6) is 0.00804. The van der Waals surface area contributed by atoms with Gasteiger partial charge in [-0.15, -0.1) is 0 Å². The molecule has 0 radical (unpaired) electrons. The summed E-state index contributed by atoms with van der Waals surface area (Å²) in [5.41, 5.74) is 0.938. The number of carboxylic acids is 1. The van der Waals surface area contributed by atoms with E-state index < -0.39 is 16.8 Å². The van der Waals surface area contributed by atoms with Crippen LogP contribution >= 0.6 is 0 Å². The molecule has 4 nitrogen and oxygen atoms in total. The first-order chi connectivity index (χ1) is 9.60. The quantitative estimate of drug-likeness (QED) is 0.919. The lowest BCUT2D eigenvalue weighted by atomic mass is 10.1. The Labute approximate surface area is 119 Å². The Bertz CT molecular complexity index is 635. The molecule has 0 saturated heterocycles. The van der Waals surface area contributed by atoms with Gasteiger partial charge in [0, 0.05) is 4.90 Å². The molecule has 0 aromatic heterocycles. The highest BCUT2D eigenvalue weighted by atomic mass is 32.2. The number of aromatic carboxylic acids is 1. The van der Waals surface area contributed by atoms with Crippen molar-refractivity contribution in [1.82, 2.24) is 0 Å². The van der Waals surface area contributed by atoms with E-state index in [-0.39, 0.29) is 11.3 Å². The Morgan fingerprint density at radius 3 is 2.50 bits per heavy atom. The van der Waals surface area contributed by atoms with Crippen LogP contribution in [0.15, 0.2) is 53.4 Å². The molecule has 0 fully saturated rings. The maximum atomic E-state index is 12.2. The molecule has 0 heterocycles. The lowest BCUT2D eigenvalue weighted by molar-refractivity contribution is 0.0696. The van der Waals surface area contributed by atoms with Gasteiger partial charge >= 0.3 is 5.97 Å². The van der Waals surface area contributed by atoms with E-state index in [1.54, 1.807) is 49.6 Å². The van der Waals surface area contributed by atoms with Gasteiger partial charge < -0.3 is 9.84 Å². The van der Waals surface area contributed by atoms with E-state index in [1.807, 2.05) is 0 Å². The standard InChI is InChI=1S/C15H14O4S/c1-19-13-5-7-14(8-6-13)20(18)10-11-3-2-4-12(9-11)15(16)17/h2-9H,10H2,1H3,(H,16,17). The summed E-state index contributed by atoms with van der Waals surface area (Å²) >= 11 is 0. The third-order valence-corrected chi connectivity index (χ3v) is 4.19. The van der Waals surface area contributed by atoms with Crippen LogP contribution in [-0.4, -0.2) is 22.4 Å². The molecule has 1 atom stereocenters. The summed E-state index contributed by atoms with van der Waals surface area (Å²) in [6.07, 6.45) is 0. The molecule has 0 spiro atoms. The van der Waals surface area contributed by atoms with Gasteiger partial charge in [-0.05, 0) is 42.0 Å². The molecule has 2 aromatic rings. The van der Waals surface area contributed by atoms with Crippen molar-refractivity contribution in [3.05, 3.63) is 59.7 Å². The molecule has 0 bridgehead atoms. The van der Waals surface area contributed by atoms with Crippen LogP contribution in [0.2, 0.25) is 0 Å². The van der Waals surface area contributed by atoms with Gasteiger partial charge in [-0.3, -0.25) is 4.21 Å². The third-order valence-electron chi connectivity index (χ3n) is 2.79. The fourth-order valence-corrected chi connectivity index (χ4v) is 2.84. The van der Waals surface area contributed by atoms with Gasteiger partial charge in [0.1, 0.15) is 5.75 Å². The largest absolute Gasteiger partial charge is 0.497 e. The number of methoxy groups -OCH3 is 1. The van der Waals surface area contributed by atoms with Gasteiger partial charge in [0.25, 0.3) is 0 Å². The summed E-state index contributed by atoms with van der Waals surface area (Å²) in [6, 6.07) is 13.5. The highest BCUT2D eigenvalue weighted by molar-refractivity contribution is 7.84. The van der Waals surface area contributed by atoms with Gasteiger partial charge in [0.15, 0.2) is 0 Å². The number of hydrogen-bond donors (Lipinski definition) is 1. The predicted octanol–water partition coefficient (Wildman–Crippen LogP) is 2.70. The molecule has 2 rings (SSSR count). The zero-order chi connectivity index (χ0) is 14.5. The number of ether oxygens (including phenoxy) is 1. The van der Waals surface area contributed by atoms with Crippen LogP contribution in [0.5, 0.6) is 5.75 Å². The molecule has 2 aromatic carbocycles. The van der Waals surface area contributed by atoms with Crippen molar-refractivity contribution in [3.8, 4) is 5.75 Å². The second kappa shape index (κ2) is 6.34. The molecular formula is C15H14O4S. The average molecular weight is 290 g/mol. The first-order valence-corrected chi connectivity index (χ1v) is 7.26. The maximum absolute atomic E-state index is 12.2. The van der Waals surface area contributed by atoms with E-state index in [4.69, 9.17) is 9.84 Å². The smallest absolute Gasteiger partial charge is 0.335 e. The minimum Gasteiger partial charge on any atom is -0.497 e. The van der Waals surface area contributed by atoms with Crippen LogP contribution in [0.4, 0.5) is 0 Å². The van der Waals surface area contributed by atoms with Crippen LogP contribution in [0.3, 0.4) is 0 Å². The Morgan fingerprint density at radius 1 is 1.20 bits per heavy atom. The number of carboxylic acid groups (broad SMARTS) is 1. The zero-order valence-corrected chi connectivity index (χ0v) is 11.7. The summed E-state index contributed by atoms with van der Waals surface area (Å²) in [4.78, 5) is 11.6. The van der Waals surface area contributed by atoms with E-state index in [0.29, 0.717) is 10.6 Å². The normalized spacial score (nSPS) is 11.8. The Kier molecular flexibility index (Phi) is 4.53. The lowest BCUT2D eigenvalue weighted by Gasteiger charge is -2.05. The van der Waals surface area contributed by atoms with Gasteiger partial charge in [-0.1, -0.05) is 12.1 Å². The molecule has 0 amide bonds. The number of carbonyl (C=O) groups is 1. The predicted molar refractivity (Wildman–Crippen MR) is 76.5 cm³/mol. The average Bonchev–Trinajstić information content (AvgIpc) is 2.47. The fraction of sp³-hybridized carbons (Fsp3) is 0.133. The second-order valence-corrected chi connectivity index (χ2v) is 5.62. The van der Waals surface area contributed by atoms with Crippen LogP contribution in [0.1, 0.15) is 15.9 Å². The van der Waals surface area contributed by atoms with Crippen molar-refractivity contribution >= 4 is 16.8 Å². The summed E-state index contributed by atoms with van der Waals surface area (Å²) in [7, 11) is 0.358. The van der Waals surface area contributed by atoms with Crippen LogP contribution in [-0.2, 0) is 16.6 Å². The monoisotopic (exact) mass is 290 g/mol. The topological polar surface area (TPSA) is 63.6 Å². The van der Waals surface area contributed by atoms with E-state index >= 15 is 0 Å². The van der Waals surface area contributed by atoms with Crippen molar-refractivity contribution < 1.29 is 18.8 Å². The van der Waals surface area contributed by atoms with Crippen molar-refractivity contribution in [2.75, 3.05) is 7.11 Å². The molecule has 0 aliphatic carbocycles. The minimum absolute atomic E-state index is 0.203. The first-order valence-electron chi connectivity index (χ1n) is 5.95. The maximum Gasteiger partial charge on any atom is 0.335 e. The third kappa shape index (κ3) is 3.45. The molecular weight excluding hydrogens is 276 g/mol. The van der Waals surface area contributed by atoms with E-state index in [2.05, 4.69) is 0 Å². The molecule has 0 aliphatic rings. The SMILES string of the molecule is COc1ccc(S(=O)Cc2cccc(C(=O)O)c2)cc1. The van der Waals surface area contributed by atoms with E-state index in [1.165, 1.54) is 6.07 Å². The molecule has 104 valence electrons. The van der Waals surface area contributed by atoms with Crippen molar-refractivity contribution in [2.24, 2.45) is 0 Å². The molecule has 5 heteroatoms. The molecule has 0 saturated carbocycles. The summed E-state index contributed by atoms with van der Waals surface area (Å²) in [6.45, 7) is 0. The number of hydrogen-bond acceptors (Lipinski definition) is 3. The van der Waals surface area contributed by atoms with E-state index in [0.717, 1.165) is 5.56 Å². The van der Waals surface area contributed by atoms with E-state index in [9.17, 15) is 9.00 Å². The highest BCUT2D eigenvalue weighted by Gasteiger charge is 2.08. The van der Waals surface area contributed by atoms with Crippen LogP contribution < -0.4 is 4.74 Å². The highest BCUT2D eigenvalue weighted by Crippen LogP contribution is 2.17. The molecule has 20 heavy (non-hydrogen) atoms. The van der Waals surface area contributed by atoms with Gasteiger partial charge in [0.05, 0.1) is 29.2 Å². The molecule has 0 aliphatic heterocycles. The number of benzene rings is 2. The Hall–Kier alpha value is -2.14. The molecule has 1 N–H and O–H groups in total. The van der Waals surface area contributed by atoms with Crippen molar-refractivity contribution in [3.63, 3.8) is 0 Å². The Balaban J connectivity index is 2.14. The molecule has 1 unspecified atom stereocenters. The lowest BCUT2D eigenvalue weighted by Crippen LogP contribution is -2.00. The van der Waals surface area contributed by atoms with Crippen molar-refractivity contribution in [1.29, 1.82) is 0 Å². The summed E-state index contributed by atoms with van der Waals surface area (Å²) < 4.78 is 17.3. The van der Waals surface area contributed by atoms with Crippen LogP contribution in [0.25, 0.3) is 0 Å². The number of rotatable bonds is 5. The minimum atomic E-state index is -1.21. The first kappa shape index (κ1) is 14.3. The summed E-state index contributed by atoms with van der Waals surface area (Å²) in [5, 5.41) is 8.93.